The average Bonchev–Trinajstić information content (AvgIpc) is 2.25. The van der Waals surface area contributed by atoms with Gasteiger partial charge in [0.2, 0.25) is 0 Å². The minimum atomic E-state index is -4.29. The van der Waals surface area contributed by atoms with Crippen LogP contribution in [-0.2, 0) is 6.18 Å². The summed E-state index contributed by atoms with van der Waals surface area (Å²) in [5.41, 5.74) is 0.0833. The topological polar surface area (TPSA) is 12.9 Å². The molecule has 0 fully saturated rings. The zero-order valence-corrected chi connectivity index (χ0v) is 9.51. The largest absolute Gasteiger partial charge is 0.417 e. The highest BCUT2D eigenvalue weighted by Gasteiger charge is 2.30. The third-order valence-corrected chi connectivity index (χ3v) is 2.66. The number of alkyl halides is 3. The van der Waals surface area contributed by atoms with Gasteiger partial charge in [-0.15, -0.1) is 0 Å². The van der Waals surface area contributed by atoms with Crippen LogP contribution in [0.2, 0.25) is 0 Å². The SMILES string of the molecule is CCCC(CC)c1ccc(C(F)(F)F)cn1. The van der Waals surface area contributed by atoms with Crippen LogP contribution in [0.1, 0.15) is 50.3 Å². The standard InChI is InChI=1S/C12H16F3N/c1-3-5-9(4-2)11-7-6-10(8-16-11)12(13,14)15/h6-9H,3-5H2,1-2H3. The maximum Gasteiger partial charge on any atom is 0.417 e. The van der Waals surface area contributed by atoms with E-state index in [1.807, 2.05) is 6.92 Å². The van der Waals surface area contributed by atoms with Crippen LogP contribution in [-0.4, -0.2) is 4.98 Å². The average molecular weight is 231 g/mol. The monoisotopic (exact) mass is 231 g/mol. The van der Waals surface area contributed by atoms with E-state index in [2.05, 4.69) is 11.9 Å². The molecule has 1 heterocycles. The number of nitrogens with zero attached hydrogens (tertiary/aromatic N) is 1. The molecule has 0 saturated heterocycles. The molecule has 1 aromatic rings. The molecule has 4 heteroatoms. The predicted octanol–water partition coefficient (Wildman–Crippen LogP) is 4.39. The Hall–Kier alpha value is -1.06. The van der Waals surface area contributed by atoms with Crippen LogP contribution < -0.4 is 0 Å². The third kappa shape index (κ3) is 3.22. The van der Waals surface area contributed by atoms with Crippen molar-refractivity contribution in [1.82, 2.24) is 4.98 Å². The number of hydrogen-bond donors (Lipinski definition) is 0. The van der Waals surface area contributed by atoms with Crippen molar-refractivity contribution in [3.8, 4) is 0 Å². The van der Waals surface area contributed by atoms with Crippen molar-refractivity contribution in [2.24, 2.45) is 0 Å². The Morgan fingerprint density at radius 1 is 1.25 bits per heavy atom. The molecule has 1 unspecified atom stereocenters. The molecule has 0 aliphatic rings. The first-order valence-corrected chi connectivity index (χ1v) is 5.52. The van der Waals surface area contributed by atoms with E-state index in [1.54, 1.807) is 0 Å². The quantitative estimate of drug-likeness (QED) is 0.748. The van der Waals surface area contributed by atoms with Crippen LogP contribution in [0.3, 0.4) is 0 Å². The Kier molecular flexibility index (Phi) is 4.33. The lowest BCUT2D eigenvalue weighted by molar-refractivity contribution is -0.137. The second kappa shape index (κ2) is 5.32. The van der Waals surface area contributed by atoms with Gasteiger partial charge in [-0.25, -0.2) is 0 Å². The second-order valence-electron chi connectivity index (χ2n) is 3.86. The van der Waals surface area contributed by atoms with Crippen molar-refractivity contribution in [3.63, 3.8) is 0 Å². The number of rotatable bonds is 4. The Morgan fingerprint density at radius 2 is 1.94 bits per heavy atom. The van der Waals surface area contributed by atoms with Crippen LogP contribution in [0.5, 0.6) is 0 Å². The molecule has 16 heavy (non-hydrogen) atoms. The van der Waals surface area contributed by atoms with E-state index in [0.29, 0.717) is 0 Å². The number of halogens is 3. The lowest BCUT2D eigenvalue weighted by Crippen LogP contribution is -2.07. The molecule has 0 aliphatic heterocycles. The van der Waals surface area contributed by atoms with Gasteiger partial charge in [0.1, 0.15) is 0 Å². The third-order valence-electron chi connectivity index (χ3n) is 2.66. The summed E-state index contributed by atoms with van der Waals surface area (Å²) in [4.78, 5) is 3.91. The van der Waals surface area contributed by atoms with Gasteiger partial charge in [-0.05, 0) is 25.0 Å². The smallest absolute Gasteiger partial charge is 0.260 e. The van der Waals surface area contributed by atoms with Crippen LogP contribution >= 0.6 is 0 Å². The van der Waals surface area contributed by atoms with Crippen molar-refractivity contribution >= 4 is 0 Å². The predicted molar refractivity (Wildman–Crippen MR) is 57.2 cm³/mol. The molecule has 0 radical (unpaired) electrons. The number of aromatic nitrogens is 1. The summed E-state index contributed by atoms with van der Waals surface area (Å²) in [6.07, 6.45) is -0.478. The van der Waals surface area contributed by atoms with Gasteiger partial charge in [-0.3, -0.25) is 4.98 Å². The van der Waals surface area contributed by atoms with Gasteiger partial charge in [-0.1, -0.05) is 20.3 Å². The Labute approximate surface area is 93.7 Å². The molecular weight excluding hydrogens is 215 g/mol. The molecule has 0 spiro atoms. The first kappa shape index (κ1) is 13.0. The molecule has 0 bridgehead atoms. The van der Waals surface area contributed by atoms with E-state index in [-0.39, 0.29) is 5.92 Å². The van der Waals surface area contributed by atoms with Gasteiger partial charge in [0.15, 0.2) is 0 Å². The van der Waals surface area contributed by atoms with E-state index in [4.69, 9.17) is 0 Å². The molecular formula is C12H16F3N. The molecule has 90 valence electrons. The highest BCUT2D eigenvalue weighted by atomic mass is 19.4. The number of hydrogen-bond acceptors (Lipinski definition) is 1. The van der Waals surface area contributed by atoms with E-state index in [0.717, 1.165) is 37.2 Å². The molecule has 1 atom stereocenters. The van der Waals surface area contributed by atoms with Gasteiger partial charge in [0, 0.05) is 17.8 Å². The molecule has 1 rings (SSSR count). The Morgan fingerprint density at radius 3 is 2.31 bits per heavy atom. The first-order chi connectivity index (χ1) is 7.49. The van der Waals surface area contributed by atoms with Gasteiger partial charge in [-0.2, -0.15) is 13.2 Å². The lowest BCUT2D eigenvalue weighted by Gasteiger charge is -2.14. The Bertz CT molecular complexity index is 316. The van der Waals surface area contributed by atoms with Crippen molar-refractivity contribution in [1.29, 1.82) is 0 Å². The van der Waals surface area contributed by atoms with E-state index < -0.39 is 11.7 Å². The zero-order valence-electron chi connectivity index (χ0n) is 9.51. The van der Waals surface area contributed by atoms with Crippen LogP contribution in [0.4, 0.5) is 13.2 Å². The maximum atomic E-state index is 12.3. The fourth-order valence-electron chi connectivity index (χ4n) is 1.72. The van der Waals surface area contributed by atoms with Crippen LogP contribution in [0.25, 0.3) is 0 Å². The second-order valence-corrected chi connectivity index (χ2v) is 3.86. The van der Waals surface area contributed by atoms with E-state index in [1.165, 1.54) is 6.07 Å². The molecule has 0 amide bonds. The summed E-state index contributed by atoms with van der Waals surface area (Å²) < 4.78 is 36.9. The normalized spacial score (nSPS) is 13.8. The fourth-order valence-corrected chi connectivity index (χ4v) is 1.72. The molecule has 0 saturated carbocycles. The summed E-state index contributed by atoms with van der Waals surface area (Å²) in [5.74, 6) is 0.271. The first-order valence-electron chi connectivity index (χ1n) is 5.52. The maximum absolute atomic E-state index is 12.3. The molecule has 1 nitrogen and oxygen atoms in total. The van der Waals surface area contributed by atoms with Gasteiger partial charge < -0.3 is 0 Å². The van der Waals surface area contributed by atoms with Crippen molar-refractivity contribution in [2.75, 3.05) is 0 Å². The van der Waals surface area contributed by atoms with E-state index in [9.17, 15) is 13.2 Å². The summed E-state index contributed by atoms with van der Waals surface area (Å²) in [6, 6.07) is 2.60. The zero-order chi connectivity index (χ0) is 12.2. The summed E-state index contributed by atoms with van der Waals surface area (Å²) in [7, 11) is 0. The summed E-state index contributed by atoms with van der Waals surface area (Å²) >= 11 is 0. The highest BCUT2D eigenvalue weighted by molar-refractivity contribution is 5.19. The highest BCUT2D eigenvalue weighted by Crippen LogP contribution is 2.30. The minimum absolute atomic E-state index is 0.271. The van der Waals surface area contributed by atoms with Crippen molar-refractivity contribution < 1.29 is 13.2 Å². The number of pyridine rings is 1. The molecule has 0 aromatic carbocycles. The summed E-state index contributed by atoms with van der Waals surface area (Å²) in [6.45, 7) is 4.09. The molecule has 1 aromatic heterocycles. The van der Waals surface area contributed by atoms with Gasteiger partial charge in [0.25, 0.3) is 0 Å². The molecule has 0 N–H and O–H groups in total. The van der Waals surface area contributed by atoms with Gasteiger partial charge >= 0.3 is 6.18 Å². The van der Waals surface area contributed by atoms with Crippen molar-refractivity contribution in [3.05, 3.63) is 29.6 Å². The Balaban J connectivity index is 2.85. The van der Waals surface area contributed by atoms with Gasteiger partial charge in [0.05, 0.1) is 5.56 Å². The lowest BCUT2D eigenvalue weighted by atomic mass is 9.96. The minimum Gasteiger partial charge on any atom is -0.260 e. The van der Waals surface area contributed by atoms with Crippen LogP contribution in [0.15, 0.2) is 18.3 Å². The van der Waals surface area contributed by atoms with Crippen LogP contribution in [0, 0.1) is 0 Å². The van der Waals surface area contributed by atoms with E-state index >= 15 is 0 Å². The van der Waals surface area contributed by atoms with Crippen molar-refractivity contribution in [2.45, 2.75) is 45.2 Å². The summed E-state index contributed by atoms with van der Waals surface area (Å²) in [5, 5.41) is 0. The molecule has 0 aliphatic carbocycles. The fraction of sp³-hybridized carbons (Fsp3) is 0.583.